The molecule has 0 amide bonds. The number of furan rings is 1. The molecular weight excluding hydrogens is 503 g/mol. The predicted molar refractivity (Wildman–Crippen MR) is 132 cm³/mol. The third kappa shape index (κ3) is 11.8. The third-order valence-electron chi connectivity index (χ3n) is 4.82. The number of phenols is 2. The first-order valence-electron chi connectivity index (χ1n) is 10.8. The molecule has 0 fully saturated rings. The molecule has 1 aromatic heterocycles. The van der Waals surface area contributed by atoms with Gasteiger partial charge < -0.3 is 35.0 Å². The first-order valence-corrected chi connectivity index (χ1v) is 11.7. The molecule has 0 saturated carbocycles. The largest absolute Gasteiger partial charge is 1.00 e. The molecule has 3 aromatic rings. The van der Waals surface area contributed by atoms with Crippen molar-refractivity contribution in [3.63, 3.8) is 0 Å². The van der Waals surface area contributed by atoms with Crippen LogP contribution < -0.4 is 24.8 Å². The molecule has 1 heterocycles. The smallest absolute Gasteiger partial charge is 1.00 e. The van der Waals surface area contributed by atoms with Gasteiger partial charge in [0.1, 0.15) is 11.5 Å². The summed E-state index contributed by atoms with van der Waals surface area (Å²) in [4.78, 5) is 0. The van der Waals surface area contributed by atoms with Crippen molar-refractivity contribution in [3.05, 3.63) is 82.3 Å². The first kappa shape index (κ1) is 34.7. The minimum absolute atomic E-state index is 0. The summed E-state index contributed by atoms with van der Waals surface area (Å²) in [6, 6.07) is 15.3. The van der Waals surface area contributed by atoms with E-state index in [0.717, 1.165) is 22.6 Å². The van der Waals surface area contributed by atoms with Crippen LogP contribution in [0.2, 0.25) is 0 Å². The van der Waals surface area contributed by atoms with Gasteiger partial charge in [0.2, 0.25) is 0 Å². The SMILES string of the molecule is Cc1ccc(O)c(C(C)(C)C)c1.Cc1ccc(O)c(C(C)(C)C)c1.Cc1ccc([CH]=[Ti])o1.[Cl-].[Cl-]. The molecule has 0 atom stereocenters. The molecule has 0 spiro atoms. The zero-order chi connectivity index (χ0) is 24.7. The Labute approximate surface area is 229 Å². The Morgan fingerprint density at radius 2 is 1.06 bits per heavy atom. The first-order chi connectivity index (χ1) is 14.6. The van der Waals surface area contributed by atoms with Crippen LogP contribution in [0, 0.1) is 20.8 Å². The number of hydrogen-bond donors (Lipinski definition) is 2. The van der Waals surface area contributed by atoms with Gasteiger partial charge in [-0.25, -0.2) is 0 Å². The molecule has 3 nitrogen and oxygen atoms in total. The maximum absolute atomic E-state index is 9.57. The van der Waals surface area contributed by atoms with E-state index in [1.807, 2.05) is 81.5 Å². The Kier molecular flexibility index (Phi) is 15.1. The minimum atomic E-state index is 0. The summed E-state index contributed by atoms with van der Waals surface area (Å²) >= 11 is 1.96. The van der Waals surface area contributed by atoms with Crippen molar-refractivity contribution >= 4 is 4.31 Å². The molecule has 0 saturated heterocycles. The normalized spacial score (nSPS) is 10.4. The summed E-state index contributed by atoms with van der Waals surface area (Å²) in [5.41, 5.74) is 4.46. The molecule has 0 bridgehead atoms. The summed E-state index contributed by atoms with van der Waals surface area (Å²) in [6.07, 6.45) is 0. The van der Waals surface area contributed by atoms with E-state index in [4.69, 9.17) is 4.42 Å². The van der Waals surface area contributed by atoms with E-state index in [9.17, 15) is 10.2 Å². The number of halogens is 2. The molecule has 6 heteroatoms. The van der Waals surface area contributed by atoms with Crippen LogP contribution in [0.1, 0.15) is 75.3 Å². The van der Waals surface area contributed by atoms with Crippen molar-refractivity contribution in [1.82, 2.24) is 0 Å². The fourth-order valence-corrected chi connectivity index (χ4v) is 3.27. The number of aryl methyl sites for hydroxylation is 3. The van der Waals surface area contributed by atoms with Crippen LogP contribution in [0.5, 0.6) is 11.5 Å². The van der Waals surface area contributed by atoms with Crippen molar-refractivity contribution in [3.8, 4) is 11.5 Å². The number of hydrogen-bond acceptors (Lipinski definition) is 3. The molecule has 2 N–H and O–H groups in total. The van der Waals surface area contributed by atoms with E-state index < -0.39 is 0 Å². The van der Waals surface area contributed by atoms with Crippen LogP contribution in [0.3, 0.4) is 0 Å². The van der Waals surface area contributed by atoms with Crippen molar-refractivity contribution in [2.75, 3.05) is 0 Å². The number of phenolic OH excluding ortho intramolecular Hbond substituents is 2. The van der Waals surface area contributed by atoms with Gasteiger partial charge in [-0.3, -0.25) is 0 Å². The van der Waals surface area contributed by atoms with Crippen molar-refractivity contribution in [2.24, 2.45) is 0 Å². The molecule has 2 aromatic carbocycles. The summed E-state index contributed by atoms with van der Waals surface area (Å²) in [5, 5.41) is 19.1. The van der Waals surface area contributed by atoms with E-state index in [1.54, 1.807) is 12.1 Å². The molecule has 0 unspecified atom stereocenters. The predicted octanol–water partition coefficient (Wildman–Crippen LogP) is 1.29. The molecule has 0 radical (unpaired) electrons. The number of aromatic hydroxyl groups is 2. The monoisotopic (exact) mass is 540 g/mol. The van der Waals surface area contributed by atoms with Crippen LogP contribution in [0.4, 0.5) is 0 Å². The molecular formula is C28H38Cl2O3Ti-2. The Bertz CT molecular complexity index is 967. The van der Waals surface area contributed by atoms with Crippen molar-refractivity contribution in [1.29, 1.82) is 0 Å². The summed E-state index contributed by atoms with van der Waals surface area (Å²) < 4.78 is 7.11. The fourth-order valence-electron chi connectivity index (χ4n) is 3.03. The molecule has 0 aliphatic rings. The van der Waals surface area contributed by atoms with Gasteiger partial charge >= 0.3 is 59.3 Å². The Morgan fingerprint density at radius 1 is 0.676 bits per heavy atom. The van der Waals surface area contributed by atoms with Gasteiger partial charge in [0.05, 0.1) is 0 Å². The second-order valence-corrected chi connectivity index (χ2v) is 10.6. The molecule has 3 rings (SSSR count). The Hall–Kier alpha value is -1.52. The van der Waals surface area contributed by atoms with Gasteiger partial charge in [-0.1, -0.05) is 76.9 Å². The van der Waals surface area contributed by atoms with E-state index in [1.165, 1.54) is 11.1 Å². The second kappa shape index (κ2) is 14.8. The topological polar surface area (TPSA) is 53.6 Å². The second-order valence-electron chi connectivity index (χ2n) is 10.1. The average Bonchev–Trinajstić information content (AvgIpc) is 3.10. The van der Waals surface area contributed by atoms with Gasteiger partial charge in [0, 0.05) is 0 Å². The van der Waals surface area contributed by atoms with Gasteiger partial charge in [-0.2, -0.15) is 0 Å². The van der Waals surface area contributed by atoms with Gasteiger partial charge in [0.25, 0.3) is 0 Å². The zero-order valence-corrected chi connectivity index (χ0v) is 24.8. The van der Waals surface area contributed by atoms with Crippen LogP contribution in [0.25, 0.3) is 0 Å². The maximum Gasteiger partial charge on any atom is -1.00 e. The van der Waals surface area contributed by atoms with Crippen LogP contribution in [-0.2, 0) is 30.8 Å². The molecule has 0 aliphatic heterocycles. The molecule has 188 valence electrons. The summed E-state index contributed by atoms with van der Waals surface area (Å²) in [6.45, 7) is 18.6. The van der Waals surface area contributed by atoms with E-state index in [-0.39, 0.29) is 35.6 Å². The van der Waals surface area contributed by atoms with Crippen LogP contribution in [-0.4, -0.2) is 14.5 Å². The van der Waals surface area contributed by atoms with Crippen molar-refractivity contribution < 1.29 is 59.4 Å². The zero-order valence-electron chi connectivity index (χ0n) is 21.8. The Balaban J connectivity index is 0. The average molecular weight is 541 g/mol. The number of rotatable bonds is 1. The van der Waals surface area contributed by atoms with Gasteiger partial charge in [-0.15, -0.1) is 0 Å². The summed E-state index contributed by atoms with van der Waals surface area (Å²) in [7, 11) is 0. The third-order valence-corrected chi connectivity index (χ3v) is 5.27. The maximum atomic E-state index is 9.57. The fraction of sp³-hybridized carbons (Fsp3) is 0.393. The van der Waals surface area contributed by atoms with Crippen molar-refractivity contribution in [2.45, 2.75) is 73.1 Å². The minimum Gasteiger partial charge on any atom is -1.00 e. The van der Waals surface area contributed by atoms with Crippen LogP contribution >= 0.6 is 0 Å². The molecule has 34 heavy (non-hydrogen) atoms. The van der Waals surface area contributed by atoms with E-state index in [0.29, 0.717) is 11.5 Å². The van der Waals surface area contributed by atoms with E-state index >= 15 is 0 Å². The molecule has 0 aliphatic carbocycles. The number of benzene rings is 2. The van der Waals surface area contributed by atoms with Gasteiger partial charge in [-0.05, 0) is 47.9 Å². The quantitative estimate of drug-likeness (QED) is 0.457. The Morgan fingerprint density at radius 3 is 1.26 bits per heavy atom. The van der Waals surface area contributed by atoms with E-state index in [2.05, 4.69) is 41.5 Å². The summed E-state index contributed by atoms with van der Waals surface area (Å²) in [5.74, 6) is 2.71. The van der Waals surface area contributed by atoms with Crippen LogP contribution in [0.15, 0.2) is 52.9 Å². The standard InChI is InChI=1S/2C11H16O.C6H6O.2ClH.Ti/c2*1-8-5-6-10(12)9(7-8)11(2,3)4;1-5-3-4-6(2)7-5;;;/h2*5-7,12H,1-4H3;1,3-4H,2H3;2*1H;/p-2. The van der Waals surface area contributed by atoms with Gasteiger partial charge in [0.15, 0.2) is 0 Å².